The van der Waals surface area contributed by atoms with Gasteiger partial charge in [-0.1, -0.05) is 43.3 Å². The highest BCUT2D eigenvalue weighted by Crippen LogP contribution is 2.38. The summed E-state index contributed by atoms with van der Waals surface area (Å²) in [5.74, 6) is -5.46. The molecule has 1 saturated heterocycles. The van der Waals surface area contributed by atoms with Crippen molar-refractivity contribution in [3.05, 3.63) is 100 Å². The highest BCUT2D eigenvalue weighted by atomic mass is 19.4. The number of hydrogen-bond acceptors (Lipinski definition) is 1. The Bertz CT molecular complexity index is 1310. The van der Waals surface area contributed by atoms with Gasteiger partial charge < -0.3 is 4.74 Å². The monoisotopic (exact) mass is 554 g/mol. The second-order valence-electron chi connectivity index (χ2n) is 9.62. The zero-order valence-electron chi connectivity index (χ0n) is 21.0. The van der Waals surface area contributed by atoms with Gasteiger partial charge in [-0.15, -0.1) is 0 Å². The van der Waals surface area contributed by atoms with Crippen LogP contribution in [-0.4, -0.2) is 6.61 Å². The summed E-state index contributed by atoms with van der Waals surface area (Å²) in [6.07, 6.45) is -3.93. The van der Waals surface area contributed by atoms with Gasteiger partial charge in [-0.2, -0.15) is 13.2 Å². The van der Waals surface area contributed by atoms with Gasteiger partial charge in [-0.05, 0) is 78.5 Å². The third-order valence-electron chi connectivity index (χ3n) is 6.99. The molecule has 0 aliphatic carbocycles. The molecule has 1 aliphatic rings. The third-order valence-corrected chi connectivity index (χ3v) is 6.99. The highest BCUT2D eigenvalue weighted by molar-refractivity contribution is 5.68. The number of alkyl halides is 3. The van der Waals surface area contributed by atoms with E-state index in [-0.39, 0.29) is 30.1 Å². The number of allylic oxidation sites excluding steroid dienone is 1. The standard InChI is InChI=1S/C30H26F8O/c1-2-23(31)29(35)20-9-6-18(7-10-20)21-11-8-19(24(32)13-21)5-3-17-4-12-27(39-16-17)22-14-25(33)28(26(34)15-22)30(36,37)38/h6-11,13-15,17,27H,2-5,12,16H2,1H3/b29-23+. The van der Waals surface area contributed by atoms with E-state index < -0.39 is 46.9 Å². The topological polar surface area (TPSA) is 9.23 Å². The van der Waals surface area contributed by atoms with Crippen molar-refractivity contribution < 1.29 is 39.9 Å². The lowest BCUT2D eigenvalue weighted by molar-refractivity contribution is -0.142. The Hall–Kier alpha value is -3.20. The zero-order valence-corrected chi connectivity index (χ0v) is 21.0. The molecule has 0 bridgehead atoms. The quantitative estimate of drug-likeness (QED) is 0.264. The number of halogens is 8. The molecule has 39 heavy (non-hydrogen) atoms. The van der Waals surface area contributed by atoms with Crippen molar-refractivity contribution in [2.45, 2.75) is 51.3 Å². The molecular weight excluding hydrogens is 528 g/mol. The minimum atomic E-state index is -5.13. The summed E-state index contributed by atoms with van der Waals surface area (Å²) in [6.45, 7) is 1.74. The molecule has 4 rings (SSSR count). The van der Waals surface area contributed by atoms with Crippen LogP contribution in [0.25, 0.3) is 17.0 Å². The van der Waals surface area contributed by atoms with E-state index in [1.54, 1.807) is 24.3 Å². The molecule has 0 aromatic heterocycles. The first-order valence-electron chi connectivity index (χ1n) is 12.6. The van der Waals surface area contributed by atoms with E-state index in [4.69, 9.17) is 4.74 Å². The number of ether oxygens (including phenoxy) is 1. The van der Waals surface area contributed by atoms with Crippen molar-refractivity contribution >= 4 is 5.83 Å². The van der Waals surface area contributed by atoms with Crippen molar-refractivity contribution in [2.24, 2.45) is 5.92 Å². The molecule has 2 atom stereocenters. The zero-order chi connectivity index (χ0) is 28.3. The lowest BCUT2D eigenvalue weighted by Crippen LogP contribution is -2.22. The van der Waals surface area contributed by atoms with Crippen LogP contribution in [0, 0.1) is 23.4 Å². The number of rotatable bonds is 7. The first-order chi connectivity index (χ1) is 18.5. The van der Waals surface area contributed by atoms with Crippen LogP contribution in [0.3, 0.4) is 0 Å². The molecule has 2 unspecified atom stereocenters. The third kappa shape index (κ3) is 6.69. The Morgan fingerprint density at radius 1 is 0.846 bits per heavy atom. The van der Waals surface area contributed by atoms with Crippen LogP contribution in [0.15, 0.2) is 60.4 Å². The summed E-state index contributed by atoms with van der Waals surface area (Å²) in [6, 6.07) is 12.2. The Balaban J connectivity index is 1.34. The molecule has 1 heterocycles. The summed E-state index contributed by atoms with van der Waals surface area (Å²) < 4.78 is 114. The SMILES string of the molecule is CC/C(F)=C(\F)c1ccc(-c2ccc(CCC3CCC(c4cc(F)c(C(F)(F)F)c(F)c4)OC3)c(F)c2)cc1. The van der Waals surface area contributed by atoms with E-state index in [1.165, 1.54) is 25.1 Å². The maximum atomic E-state index is 14.8. The molecule has 0 radical (unpaired) electrons. The number of aryl methyl sites for hydroxylation is 1. The van der Waals surface area contributed by atoms with Crippen molar-refractivity contribution in [3.63, 3.8) is 0 Å². The van der Waals surface area contributed by atoms with Crippen LogP contribution in [0.5, 0.6) is 0 Å². The molecule has 1 nitrogen and oxygen atoms in total. The van der Waals surface area contributed by atoms with Crippen LogP contribution in [0.4, 0.5) is 35.1 Å². The summed E-state index contributed by atoms with van der Waals surface area (Å²) in [4.78, 5) is 0. The first-order valence-corrected chi connectivity index (χ1v) is 12.6. The summed E-state index contributed by atoms with van der Waals surface area (Å²) in [7, 11) is 0. The Kier molecular flexibility index (Phi) is 8.79. The molecule has 0 spiro atoms. The Morgan fingerprint density at radius 2 is 1.49 bits per heavy atom. The molecule has 1 aliphatic heterocycles. The van der Waals surface area contributed by atoms with Crippen molar-refractivity contribution in [1.29, 1.82) is 0 Å². The van der Waals surface area contributed by atoms with Gasteiger partial charge in [0.2, 0.25) is 0 Å². The van der Waals surface area contributed by atoms with E-state index in [0.29, 0.717) is 54.5 Å². The van der Waals surface area contributed by atoms with Gasteiger partial charge in [0, 0.05) is 5.56 Å². The summed E-state index contributed by atoms with van der Waals surface area (Å²) in [5, 5.41) is 0. The minimum Gasteiger partial charge on any atom is -0.373 e. The van der Waals surface area contributed by atoms with Crippen LogP contribution in [-0.2, 0) is 17.3 Å². The number of hydrogen-bond donors (Lipinski definition) is 0. The number of benzene rings is 3. The molecule has 0 N–H and O–H groups in total. The summed E-state index contributed by atoms with van der Waals surface area (Å²) in [5.41, 5.74) is -0.0670. The second kappa shape index (κ2) is 11.9. The van der Waals surface area contributed by atoms with E-state index in [9.17, 15) is 35.1 Å². The van der Waals surface area contributed by atoms with E-state index in [1.807, 2.05) is 0 Å². The van der Waals surface area contributed by atoms with Gasteiger partial charge in [0.05, 0.1) is 12.7 Å². The van der Waals surface area contributed by atoms with Crippen molar-refractivity contribution in [3.8, 4) is 11.1 Å². The normalized spacial score (nSPS) is 18.7. The molecule has 208 valence electrons. The molecule has 0 saturated carbocycles. The minimum absolute atomic E-state index is 0.0142. The van der Waals surface area contributed by atoms with Crippen LogP contribution < -0.4 is 0 Å². The molecule has 0 amide bonds. The van der Waals surface area contributed by atoms with Crippen LogP contribution in [0.1, 0.15) is 61.0 Å². The largest absolute Gasteiger partial charge is 0.422 e. The predicted molar refractivity (Wildman–Crippen MR) is 132 cm³/mol. The fourth-order valence-corrected chi connectivity index (χ4v) is 4.76. The Morgan fingerprint density at radius 3 is 2.03 bits per heavy atom. The van der Waals surface area contributed by atoms with Crippen molar-refractivity contribution in [2.75, 3.05) is 6.61 Å². The molecule has 1 fully saturated rings. The van der Waals surface area contributed by atoms with E-state index in [2.05, 4.69) is 0 Å². The van der Waals surface area contributed by atoms with Gasteiger partial charge in [0.15, 0.2) is 5.83 Å². The highest BCUT2D eigenvalue weighted by Gasteiger charge is 2.38. The molecule has 3 aromatic rings. The van der Waals surface area contributed by atoms with Crippen LogP contribution in [0.2, 0.25) is 0 Å². The molecule has 3 aromatic carbocycles. The molecular formula is C30H26F8O. The average Bonchev–Trinajstić information content (AvgIpc) is 2.90. The predicted octanol–water partition coefficient (Wildman–Crippen LogP) is 9.91. The second-order valence-corrected chi connectivity index (χ2v) is 9.62. The maximum Gasteiger partial charge on any atom is 0.422 e. The smallest absolute Gasteiger partial charge is 0.373 e. The maximum absolute atomic E-state index is 14.8. The van der Waals surface area contributed by atoms with Crippen LogP contribution >= 0.6 is 0 Å². The Labute approximate surface area is 221 Å². The summed E-state index contributed by atoms with van der Waals surface area (Å²) >= 11 is 0. The first kappa shape index (κ1) is 28.8. The molecule has 9 heteroatoms. The average molecular weight is 555 g/mol. The van der Waals surface area contributed by atoms with E-state index in [0.717, 1.165) is 0 Å². The van der Waals surface area contributed by atoms with Gasteiger partial charge in [0.1, 0.15) is 28.8 Å². The fourth-order valence-electron chi connectivity index (χ4n) is 4.76. The lowest BCUT2D eigenvalue weighted by Gasteiger charge is -2.29. The van der Waals surface area contributed by atoms with E-state index >= 15 is 0 Å². The van der Waals surface area contributed by atoms with Gasteiger partial charge in [-0.3, -0.25) is 0 Å². The fraction of sp³-hybridized carbons (Fsp3) is 0.333. The lowest BCUT2D eigenvalue weighted by atomic mass is 9.89. The van der Waals surface area contributed by atoms with Gasteiger partial charge in [-0.25, -0.2) is 22.0 Å². The van der Waals surface area contributed by atoms with Gasteiger partial charge in [0.25, 0.3) is 0 Å². The van der Waals surface area contributed by atoms with Gasteiger partial charge >= 0.3 is 6.18 Å². The van der Waals surface area contributed by atoms with Crippen molar-refractivity contribution in [1.82, 2.24) is 0 Å².